The van der Waals surface area contributed by atoms with Crippen molar-refractivity contribution in [1.82, 2.24) is 5.32 Å². The van der Waals surface area contributed by atoms with E-state index in [0.29, 0.717) is 6.10 Å². The fourth-order valence-corrected chi connectivity index (χ4v) is 2.15. The minimum atomic E-state index is -0.184. The Bertz CT molecular complexity index is 333. The van der Waals surface area contributed by atoms with Gasteiger partial charge >= 0.3 is 0 Å². The van der Waals surface area contributed by atoms with Crippen molar-refractivity contribution in [2.24, 2.45) is 0 Å². The van der Waals surface area contributed by atoms with Gasteiger partial charge in [0.2, 0.25) is 0 Å². The summed E-state index contributed by atoms with van der Waals surface area (Å²) in [5, 5.41) is 3.44. The summed E-state index contributed by atoms with van der Waals surface area (Å²) in [7, 11) is 0. The highest BCUT2D eigenvalue weighted by molar-refractivity contribution is 5.19. The molecule has 0 amide bonds. The van der Waals surface area contributed by atoms with Crippen LogP contribution in [0, 0.1) is 5.82 Å². The maximum absolute atomic E-state index is 12.8. The van der Waals surface area contributed by atoms with E-state index in [0.717, 1.165) is 25.1 Å². The topological polar surface area (TPSA) is 21.3 Å². The van der Waals surface area contributed by atoms with Crippen molar-refractivity contribution in [2.45, 2.75) is 38.3 Å². The summed E-state index contributed by atoms with van der Waals surface area (Å²) in [5.41, 5.74) is 1.11. The Balaban J connectivity index is 1.80. The smallest absolute Gasteiger partial charge is 0.123 e. The van der Waals surface area contributed by atoms with Gasteiger partial charge in [0, 0.05) is 19.2 Å². The van der Waals surface area contributed by atoms with E-state index in [1.165, 1.54) is 25.0 Å². The quantitative estimate of drug-likeness (QED) is 0.869. The number of hydrogen-bond acceptors (Lipinski definition) is 2. The molecule has 2 nitrogen and oxygen atoms in total. The Labute approximate surface area is 102 Å². The number of ether oxygens (including phenoxy) is 1. The third kappa shape index (κ3) is 3.79. The molecule has 17 heavy (non-hydrogen) atoms. The van der Waals surface area contributed by atoms with Crippen LogP contribution in [0.25, 0.3) is 0 Å². The zero-order valence-electron chi connectivity index (χ0n) is 10.3. The van der Waals surface area contributed by atoms with Gasteiger partial charge in [-0.15, -0.1) is 0 Å². The molecule has 0 saturated carbocycles. The van der Waals surface area contributed by atoms with Crippen molar-refractivity contribution in [3.8, 4) is 0 Å². The summed E-state index contributed by atoms with van der Waals surface area (Å²) in [6.07, 6.45) is 3.93. The van der Waals surface area contributed by atoms with Gasteiger partial charge in [0.05, 0.1) is 6.10 Å². The second-order valence-electron chi connectivity index (χ2n) is 4.67. The van der Waals surface area contributed by atoms with Crippen molar-refractivity contribution in [3.05, 3.63) is 35.6 Å². The normalized spacial score (nSPS) is 22.4. The highest BCUT2D eigenvalue weighted by Gasteiger charge is 2.14. The molecule has 2 rings (SSSR count). The predicted molar refractivity (Wildman–Crippen MR) is 66.4 cm³/mol. The van der Waals surface area contributed by atoms with E-state index in [-0.39, 0.29) is 11.9 Å². The lowest BCUT2D eigenvalue weighted by Crippen LogP contribution is -2.33. The third-order valence-electron chi connectivity index (χ3n) is 3.30. The summed E-state index contributed by atoms with van der Waals surface area (Å²) in [5.74, 6) is -0.184. The molecule has 1 aliphatic rings. The largest absolute Gasteiger partial charge is 0.377 e. The van der Waals surface area contributed by atoms with Gasteiger partial charge in [-0.25, -0.2) is 4.39 Å². The van der Waals surface area contributed by atoms with Gasteiger partial charge in [-0.3, -0.25) is 0 Å². The first-order chi connectivity index (χ1) is 8.25. The fourth-order valence-electron chi connectivity index (χ4n) is 2.15. The molecule has 0 bridgehead atoms. The lowest BCUT2D eigenvalue weighted by Gasteiger charge is -2.24. The molecule has 3 heteroatoms. The SMILES string of the molecule is C[C@H](NCC1CCCCO1)c1ccc(F)cc1. The highest BCUT2D eigenvalue weighted by atomic mass is 19.1. The molecular formula is C14H20FNO. The number of halogens is 1. The first-order valence-corrected chi connectivity index (χ1v) is 6.36. The van der Waals surface area contributed by atoms with Crippen LogP contribution in [0.5, 0.6) is 0 Å². The molecule has 0 spiro atoms. The molecule has 0 radical (unpaired) electrons. The summed E-state index contributed by atoms with van der Waals surface area (Å²) in [6.45, 7) is 3.85. The first kappa shape index (κ1) is 12.5. The van der Waals surface area contributed by atoms with Crippen LogP contribution in [0.4, 0.5) is 4.39 Å². The highest BCUT2D eigenvalue weighted by Crippen LogP contribution is 2.15. The standard InChI is InChI=1S/C14H20FNO/c1-11(12-5-7-13(15)8-6-12)16-10-14-4-2-3-9-17-14/h5-8,11,14,16H,2-4,9-10H2,1H3/t11-,14?/m0/s1. The molecule has 1 aromatic carbocycles. The average molecular weight is 237 g/mol. The fraction of sp³-hybridized carbons (Fsp3) is 0.571. The second kappa shape index (κ2) is 6.12. The predicted octanol–water partition coefficient (Wildman–Crippen LogP) is 3.05. The van der Waals surface area contributed by atoms with E-state index in [1.807, 2.05) is 12.1 Å². The summed E-state index contributed by atoms with van der Waals surface area (Å²) < 4.78 is 18.4. The zero-order chi connectivity index (χ0) is 12.1. The average Bonchev–Trinajstić information content (AvgIpc) is 2.38. The van der Waals surface area contributed by atoms with Crippen molar-refractivity contribution >= 4 is 0 Å². The van der Waals surface area contributed by atoms with E-state index in [1.54, 1.807) is 0 Å². The van der Waals surface area contributed by atoms with Crippen molar-refractivity contribution in [2.75, 3.05) is 13.2 Å². The Hall–Kier alpha value is -0.930. The van der Waals surface area contributed by atoms with E-state index in [2.05, 4.69) is 12.2 Å². The summed E-state index contributed by atoms with van der Waals surface area (Å²) in [4.78, 5) is 0. The molecule has 1 aromatic rings. The maximum Gasteiger partial charge on any atom is 0.123 e. The van der Waals surface area contributed by atoms with Crippen LogP contribution < -0.4 is 5.32 Å². The van der Waals surface area contributed by atoms with Crippen LogP contribution in [0.2, 0.25) is 0 Å². The molecule has 1 N–H and O–H groups in total. The molecule has 94 valence electrons. The van der Waals surface area contributed by atoms with Gasteiger partial charge in [-0.05, 0) is 43.9 Å². The monoisotopic (exact) mass is 237 g/mol. The number of benzene rings is 1. The second-order valence-corrected chi connectivity index (χ2v) is 4.67. The van der Waals surface area contributed by atoms with Crippen molar-refractivity contribution in [3.63, 3.8) is 0 Å². The van der Waals surface area contributed by atoms with Crippen LogP contribution >= 0.6 is 0 Å². The van der Waals surface area contributed by atoms with Crippen LogP contribution in [0.1, 0.15) is 37.8 Å². The van der Waals surface area contributed by atoms with Gasteiger partial charge in [-0.2, -0.15) is 0 Å². The van der Waals surface area contributed by atoms with Gasteiger partial charge in [-0.1, -0.05) is 12.1 Å². The Morgan fingerprint density at radius 3 is 2.76 bits per heavy atom. The molecule has 0 aliphatic carbocycles. The summed E-state index contributed by atoms with van der Waals surface area (Å²) in [6, 6.07) is 6.90. The Morgan fingerprint density at radius 1 is 1.35 bits per heavy atom. The lowest BCUT2D eigenvalue weighted by atomic mass is 10.1. The Kier molecular flexibility index (Phi) is 4.51. The maximum atomic E-state index is 12.8. The van der Waals surface area contributed by atoms with E-state index >= 15 is 0 Å². The van der Waals surface area contributed by atoms with E-state index < -0.39 is 0 Å². The van der Waals surface area contributed by atoms with Gasteiger partial charge < -0.3 is 10.1 Å². The van der Waals surface area contributed by atoms with Crippen LogP contribution in [-0.4, -0.2) is 19.3 Å². The zero-order valence-corrected chi connectivity index (χ0v) is 10.3. The Morgan fingerprint density at radius 2 is 2.12 bits per heavy atom. The molecule has 1 heterocycles. The first-order valence-electron chi connectivity index (χ1n) is 6.36. The summed E-state index contributed by atoms with van der Waals surface area (Å²) >= 11 is 0. The van der Waals surface area contributed by atoms with Crippen LogP contribution in [-0.2, 0) is 4.74 Å². The molecule has 1 saturated heterocycles. The van der Waals surface area contributed by atoms with Gasteiger partial charge in [0.1, 0.15) is 5.82 Å². The van der Waals surface area contributed by atoms with Crippen LogP contribution in [0.3, 0.4) is 0 Å². The van der Waals surface area contributed by atoms with E-state index in [4.69, 9.17) is 4.74 Å². The number of hydrogen-bond donors (Lipinski definition) is 1. The molecule has 1 unspecified atom stereocenters. The number of rotatable bonds is 4. The molecular weight excluding hydrogens is 217 g/mol. The lowest BCUT2D eigenvalue weighted by molar-refractivity contribution is 0.0156. The van der Waals surface area contributed by atoms with Crippen molar-refractivity contribution < 1.29 is 9.13 Å². The van der Waals surface area contributed by atoms with Crippen molar-refractivity contribution in [1.29, 1.82) is 0 Å². The molecule has 0 aromatic heterocycles. The van der Waals surface area contributed by atoms with Gasteiger partial charge in [0.15, 0.2) is 0 Å². The molecule has 1 fully saturated rings. The number of nitrogens with one attached hydrogen (secondary N) is 1. The van der Waals surface area contributed by atoms with Gasteiger partial charge in [0.25, 0.3) is 0 Å². The molecule has 1 aliphatic heterocycles. The minimum absolute atomic E-state index is 0.184. The molecule has 2 atom stereocenters. The minimum Gasteiger partial charge on any atom is -0.377 e. The van der Waals surface area contributed by atoms with E-state index in [9.17, 15) is 4.39 Å². The third-order valence-corrected chi connectivity index (χ3v) is 3.30. The van der Waals surface area contributed by atoms with Crippen LogP contribution in [0.15, 0.2) is 24.3 Å².